The molecule has 1 heterocycles. The van der Waals surface area contributed by atoms with E-state index in [1.807, 2.05) is 66.7 Å². The number of hydrogen-bond acceptors (Lipinski definition) is 4. The lowest BCUT2D eigenvalue weighted by atomic mass is 10.0. The first-order valence-electron chi connectivity index (χ1n) is 9.41. The number of methoxy groups -OCH3 is 1. The summed E-state index contributed by atoms with van der Waals surface area (Å²) in [5.41, 5.74) is 7.58. The molecule has 0 aliphatic rings. The van der Waals surface area contributed by atoms with Crippen LogP contribution in [0.15, 0.2) is 90.0 Å². The van der Waals surface area contributed by atoms with E-state index in [2.05, 4.69) is 32.9 Å². The largest absolute Gasteiger partial charge is 0.497 e. The molecule has 0 aliphatic carbocycles. The zero-order chi connectivity index (χ0) is 20.8. The van der Waals surface area contributed by atoms with E-state index in [4.69, 9.17) is 4.74 Å². The molecule has 4 aromatic rings. The van der Waals surface area contributed by atoms with E-state index in [1.165, 1.54) is 0 Å². The number of rotatable bonds is 6. The number of carbonyl (C=O) groups excluding carboxylic acids is 1. The van der Waals surface area contributed by atoms with E-state index in [0.29, 0.717) is 11.4 Å². The first-order chi connectivity index (χ1) is 14.7. The number of nitrogens with zero attached hydrogens (tertiary/aromatic N) is 2. The summed E-state index contributed by atoms with van der Waals surface area (Å²) < 4.78 is 5.11. The Morgan fingerprint density at radius 2 is 1.60 bits per heavy atom. The molecule has 0 atom stereocenters. The van der Waals surface area contributed by atoms with Crippen LogP contribution in [0, 0.1) is 0 Å². The Hall–Kier alpha value is -4.19. The molecule has 148 valence electrons. The molecule has 30 heavy (non-hydrogen) atoms. The minimum absolute atomic E-state index is 0.337. The molecule has 0 radical (unpaired) electrons. The van der Waals surface area contributed by atoms with Crippen LogP contribution in [0.3, 0.4) is 0 Å². The number of benzene rings is 3. The summed E-state index contributed by atoms with van der Waals surface area (Å²) in [4.78, 5) is 12.3. The smallest absolute Gasteiger partial charge is 0.289 e. The average Bonchev–Trinajstić information content (AvgIpc) is 3.31. The summed E-state index contributed by atoms with van der Waals surface area (Å²) >= 11 is 0. The molecule has 0 bridgehead atoms. The van der Waals surface area contributed by atoms with Gasteiger partial charge in [0, 0.05) is 5.56 Å². The molecule has 4 rings (SSSR count). The van der Waals surface area contributed by atoms with Crippen molar-refractivity contribution in [2.45, 2.75) is 0 Å². The second kappa shape index (κ2) is 8.87. The highest BCUT2D eigenvalue weighted by Gasteiger charge is 2.10. The fourth-order valence-electron chi connectivity index (χ4n) is 2.97. The van der Waals surface area contributed by atoms with Gasteiger partial charge in [-0.2, -0.15) is 10.2 Å². The van der Waals surface area contributed by atoms with Crippen LogP contribution in [-0.4, -0.2) is 29.4 Å². The van der Waals surface area contributed by atoms with Gasteiger partial charge < -0.3 is 4.74 Å². The second-order valence-electron chi connectivity index (χ2n) is 6.58. The van der Waals surface area contributed by atoms with Crippen LogP contribution >= 0.6 is 0 Å². The number of aromatic amines is 1. The van der Waals surface area contributed by atoms with Gasteiger partial charge in [-0.25, -0.2) is 5.43 Å². The van der Waals surface area contributed by atoms with Gasteiger partial charge in [-0.15, -0.1) is 0 Å². The van der Waals surface area contributed by atoms with Crippen molar-refractivity contribution in [2.24, 2.45) is 5.10 Å². The summed E-state index contributed by atoms with van der Waals surface area (Å²) in [7, 11) is 1.61. The van der Waals surface area contributed by atoms with E-state index in [0.717, 1.165) is 28.0 Å². The summed E-state index contributed by atoms with van der Waals surface area (Å²) in [6.07, 6.45) is 1.57. The third kappa shape index (κ3) is 4.44. The van der Waals surface area contributed by atoms with Crippen molar-refractivity contribution in [1.82, 2.24) is 15.6 Å². The predicted octanol–water partition coefficient (Wildman–Crippen LogP) is 4.52. The van der Waals surface area contributed by atoms with Crippen LogP contribution in [0.4, 0.5) is 0 Å². The van der Waals surface area contributed by atoms with E-state index in [9.17, 15) is 4.79 Å². The highest BCUT2D eigenvalue weighted by atomic mass is 16.5. The van der Waals surface area contributed by atoms with Crippen LogP contribution in [0.5, 0.6) is 5.75 Å². The van der Waals surface area contributed by atoms with E-state index in [1.54, 1.807) is 19.4 Å². The molecule has 0 unspecified atom stereocenters. The predicted molar refractivity (Wildman–Crippen MR) is 118 cm³/mol. The van der Waals surface area contributed by atoms with Crippen molar-refractivity contribution in [1.29, 1.82) is 0 Å². The number of amides is 1. The highest BCUT2D eigenvalue weighted by molar-refractivity contribution is 5.94. The molecule has 0 saturated carbocycles. The number of nitrogens with one attached hydrogen (secondary N) is 2. The second-order valence-corrected chi connectivity index (χ2v) is 6.58. The van der Waals surface area contributed by atoms with Gasteiger partial charge >= 0.3 is 0 Å². The quantitative estimate of drug-likeness (QED) is 0.372. The molecule has 6 nitrogen and oxygen atoms in total. The first kappa shape index (κ1) is 19.1. The number of aromatic nitrogens is 2. The summed E-state index contributed by atoms with van der Waals surface area (Å²) in [6.45, 7) is 0. The van der Waals surface area contributed by atoms with Crippen LogP contribution < -0.4 is 10.2 Å². The number of carbonyl (C=O) groups is 1. The Morgan fingerprint density at radius 3 is 2.30 bits per heavy atom. The maximum absolute atomic E-state index is 12.3. The molecule has 3 aromatic carbocycles. The lowest BCUT2D eigenvalue weighted by Crippen LogP contribution is -2.17. The first-order valence-corrected chi connectivity index (χ1v) is 9.41. The Labute approximate surface area is 174 Å². The Kier molecular flexibility index (Phi) is 5.66. The standard InChI is InChI=1S/C24H20N4O2/c1-30-21-13-7-17(8-14-21)16-25-28-24(29)23-15-22(26-27-23)20-11-9-19(10-12-20)18-5-3-2-4-6-18/h2-16H,1H3,(H,26,27)(H,28,29). The van der Waals surface area contributed by atoms with Gasteiger partial charge in [-0.3, -0.25) is 9.89 Å². The van der Waals surface area contributed by atoms with Crippen LogP contribution in [0.25, 0.3) is 22.4 Å². The average molecular weight is 396 g/mol. The number of hydrazone groups is 1. The Morgan fingerprint density at radius 1 is 0.933 bits per heavy atom. The summed E-state index contributed by atoms with van der Waals surface area (Å²) in [6, 6.07) is 27.3. The molecule has 1 amide bonds. The zero-order valence-corrected chi connectivity index (χ0v) is 16.4. The number of hydrogen-bond donors (Lipinski definition) is 2. The van der Waals surface area contributed by atoms with Crippen molar-refractivity contribution in [2.75, 3.05) is 7.11 Å². The Bertz CT molecular complexity index is 1150. The van der Waals surface area contributed by atoms with Gasteiger partial charge in [0.25, 0.3) is 5.91 Å². The van der Waals surface area contributed by atoms with Crippen molar-refractivity contribution < 1.29 is 9.53 Å². The minimum Gasteiger partial charge on any atom is -0.497 e. The number of ether oxygens (including phenoxy) is 1. The van der Waals surface area contributed by atoms with Crippen LogP contribution in [0.2, 0.25) is 0 Å². The maximum Gasteiger partial charge on any atom is 0.289 e. The summed E-state index contributed by atoms with van der Waals surface area (Å²) in [5, 5.41) is 11.0. The fourth-order valence-corrected chi connectivity index (χ4v) is 2.97. The molecule has 0 aliphatic heterocycles. The third-order valence-electron chi connectivity index (χ3n) is 4.61. The Balaban J connectivity index is 1.40. The van der Waals surface area contributed by atoms with Gasteiger partial charge in [0.05, 0.1) is 19.0 Å². The van der Waals surface area contributed by atoms with Crippen molar-refractivity contribution in [3.05, 3.63) is 96.2 Å². The molecular weight excluding hydrogens is 376 g/mol. The zero-order valence-electron chi connectivity index (χ0n) is 16.4. The van der Waals surface area contributed by atoms with Crippen LogP contribution in [-0.2, 0) is 0 Å². The van der Waals surface area contributed by atoms with Gasteiger partial charge in [-0.05, 0) is 47.0 Å². The van der Waals surface area contributed by atoms with E-state index in [-0.39, 0.29) is 5.91 Å². The van der Waals surface area contributed by atoms with Gasteiger partial charge in [0.2, 0.25) is 0 Å². The third-order valence-corrected chi connectivity index (χ3v) is 4.61. The highest BCUT2D eigenvalue weighted by Crippen LogP contribution is 2.24. The molecule has 1 aromatic heterocycles. The normalized spacial score (nSPS) is 10.8. The topological polar surface area (TPSA) is 79.4 Å². The SMILES string of the molecule is COc1ccc(C=NNC(=O)c2cc(-c3ccc(-c4ccccc4)cc3)n[nH]2)cc1. The van der Waals surface area contributed by atoms with E-state index < -0.39 is 0 Å². The lowest BCUT2D eigenvalue weighted by molar-refractivity contribution is 0.0950. The molecular formula is C24H20N4O2. The number of H-pyrrole nitrogens is 1. The van der Waals surface area contributed by atoms with Gasteiger partial charge in [-0.1, -0.05) is 54.6 Å². The van der Waals surface area contributed by atoms with Crippen LogP contribution in [0.1, 0.15) is 16.1 Å². The summed E-state index contributed by atoms with van der Waals surface area (Å²) in [5.74, 6) is 0.400. The lowest BCUT2D eigenvalue weighted by Gasteiger charge is -2.02. The van der Waals surface area contributed by atoms with Gasteiger partial charge in [0.1, 0.15) is 11.4 Å². The van der Waals surface area contributed by atoms with Crippen molar-refractivity contribution in [3.63, 3.8) is 0 Å². The molecule has 2 N–H and O–H groups in total. The van der Waals surface area contributed by atoms with Crippen molar-refractivity contribution in [3.8, 4) is 28.1 Å². The fraction of sp³-hybridized carbons (Fsp3) is 0.0417. The maximum atomic E-state index is 12.3. The monoisotopic (exact) mass is 396 g/mol. The van der Waals surface area contributed by atoms with E-state index >= 15 is 0 Å². The molecule has 0 saturated heterocycles. The minimum atomic E-state index is -0.362. The molecule has 0 fully saturated rings. The van der Waals surface area contributed by atoms with Crippen molar-refractivity contribution >= 4 is 12.1 Å². The molecule has 0 spiro atoms. The molecule has 6 heteroatoms. The van der Waals surface area contributed by atoms with Gasteiger partial charge in [0.15, 0.2) is 0 Å².